The number of ether oxygens (including phenoxy) is 1. The number of sulfonamides is 1. The Bertz CT molecular complexity index is 485. The number of nitrogens with zero attached hydrogens (tertiary/aromatic N) is 1. The molecule has 1 aromatic rings. The van der Waals surface area contributed by atoms with Gasteiger partial charge in [-0.25, -0.2) is 8.42 Å². The lowest BCUT2D eigenvalue weighted by Crippen LogP contribution is -2.47. The van der Waals surface area contributed by atoms with Crippen molar-refractivity contribution in [2.24, 2.45) is 0 Å². The number of hydrogen-bond acceptors (Lipinski definition) is 4. The van der Waals surface area contributed by atoms with Crippen molar-refractivity contribution in [1.29, 1.82) is 0 Å². The molecule has 0 aromatic carbocycles. The molecule has 6 heteroatoms. The van der Waals surface area contributed by atoms with Crippen LogP contribution in [0, 0.1) is 6.92 Å². The number of thiophene rings is 1. The number of hydrogen-bond donors (Lipinski definition) is 0. The van der Waals surface area contributed by atoms with Crippen LogP contribution < -0.4 is 0 Å². The summed E-state index contributed by atoms with van der Waals surface area (Å²) >= 11 is 1.32. The Balaban J connectivity index is 2.26. The van der Waals surface area contributed by atoms with Crippen LogP contribution in [-0.4, -0.2) is 38.0 Å². The molecule has 0 spiro atoms. The van der Waals surface area contributed by atoms with Gasteiger partial charge in [0.15, 0.2) is 0 Å². The van der Waals surface area contributed by atoms with Gasteiger partial charge in [0.1, 0.15) is 4.21 Å². The average Bonchev–Trinajstić information content (AvgIpc) is 2.64. The van der Waals surface area contributed by atoms with Crippen molar-refractivity contribution in [3.63, 3.8) is 0 Å². The molecule has 96 valence electrons. The fourth-order valence-corrected chi connectivity index (χ4v) is 5.03. The first kappa shape index (κ1) is 13.0. The molecule has 0 N–H and O–H groups in total. The van der Waals surface area contributed by atoms with Gasteiger partial charge < -0.3 is 4.74 Å². The largest absolute Gasteiger partial charge is 0.373 e. The molecule has 0 unspecified atom stereocenters. The molecular weight excluding hydrogens is 258 g/mol. The smallest absolute Gasteiger partial charge is 0.252 e. The first-order chi connectivity index (χ1) is 7.89. The predicted octanol–water partition coefficient (Wildman–Crippen LogP) is 1.85. The van der Waals surface area contributed by atoms with Gasteiger partial charge in [-0.1, -0.05) is 0 Å². The highest BCUT2D eigenvalue weighted by atomic mass is 32.2. The Morgan fingerprint density at radius 3 is 2.35 bits per heavy atom. The lowest BCUT2D eigenvalue weighted by atomic mass is 10.3. The van der Waals surface area contributed by atoms with Crippen LogP contribution in [0.2, 0.25) is 0 Å². The molecule has 0 aliphatic carbocycles. The molecule has 0 bridgehead atoms. The Kier molecular flexibility index (Phi) is 3.58. The van der Waals surface area contributed by atoms with Gasteiger partial charge in [-0.05, 0) is 32.9 Å². The Morgan fingerprint density at radius 1 is 1.29 bits per heavy atom. The van der Waals surface area contributed by atoms with E-state index in [1.807, 2.05) is 26.8 Å². The number of rotatable bonds is 2. The van der Waals surface area contributed by atoms with Crippen molar-refractivity contribution in [3.8, 4) is 0 Å². The summed E-state index contributed by atoms with van der Waals surface area (Å²) in [7, 11) is -3.34. The van der Waals surface area contributed by atoms with Crippen LogP contribution in [0.15, 0.2) is 16.3 Å². The molecule has 0 radical (unpaired) electrons. The minimum Gasteiger partial charge on any atom is -0.373 e. The molecular formula is C11H17NO3S2. The van der Waals surface area contributed by atoms with Crippen molar-refractivity contribution < 1.29 is 13.2 Å². The predicted molar refractivity (Wildman–Crippen MR) is 67.8 cm³/mol. The summed E-state index contributed by atoms with van der Waals surface area (Å²) in [5, 5.41) is 0. The van der Waals surface area contributed by atoms with Crippen LogP contribution in [0.25, 0.3) is 0 Å². The minimum atomic E-state index is -3.34. The number of aryl methyl sites for hydroxylation is 1. The van der Waals surface area contributed by atoms with E-state index >= 15 is 0 Å². The summed E-state index contributed by atoms with van der Waals surface area (Å²) in [6.45, 7) is 6.58. The van der Waals surface area contributed by atoms with E-state index in [1.54, 1.807) is 6.07 Å². The Hall–Kier alpha value is -0.430. The van der Waals surface area contributed by atoms with E-state index in [-0.39, 0.29) is 12.2 Å². The van der Waals surface area contributed by atoms with Gasteiger partial charge >= 0.3 is 0 Å². The summed E-state index contributed by atoms with van der Waals surface area (Å²) in [6, 6.07) is 3.52. The Labute approximate surface area is 106 Å². The summed E-state index contributed by atoms with van der Waals surface area (Å²) in [5.74, 6) is 0. The van der Waals surface area contributed by atoms with Crippen LogP contribution in [0.1, 0.15) is 18.7 Å². The van der Waals surface area contributed by atoms with E-state index in [0.29, 0.717) is 17.3 Å². The second-order valence-electron chi connectivity index (χ2n) is 4.44. The standard InChI is InChI=1S/C11H17NO3S2/c1-8-6-12(7-9(2)15-8)17(13,14)11-5-4-10(3)16-11/h4-5,8-9H,6-7H2,1-3H3/t8-,9-/m0/s1. The van der Waals surface area contributed by atoms with Gasteiger partial charge in [0, 0.05) is 18.0 Å². The summed E-state index contributed by atoms with van der Waals surface area (Å²) in [5.41, 5.74) is 0. The first-order valence-corrected chi connectivity index (χ1v) is 7.87. The van der Waals surface area contributed by atoms with Crippen molar-refractivity contribution in [3.05, 3.63) is 17.0 Å². The molecule has 1 aliphatic rings. The van der Waals surface area contributed by atoms with Crippen LogP contribution in [-0.2, 0) is 14.8 Å². The maximum atomic E-state index is 12.4. The lowest BCUT2D eigenvalue weighted by molar-refractivity contribution is -0.0440. The molecule has 4 nitrogen and oxygen atoms in total. The molecule has 1 saturated heterocycles. The van der Waals surface area contributed by atoms with Crippen molar-refractivity contribution in [1.82, 2.24) is 4.31 Å². The van der Waals surface area contributed by atoms with Gasteiger partial charge in [0.25, 0.3) is 10.0 Å². The molecule has 1 aliphatic heterocycles. The molecule has 2 atom stereocenters. The van der Waals surface area contributed by atoms with Gasteiger partial charge in [-0.15, -0.1) is 11.3 Å². The van der Waals surface area contributed by atoms with E-state index in [0.717, 1.165) is 4.88 Å². The van der Waals surface area contributed by atoms with Gasteiger partial charge in [-0.3, -0.25) is 0 Å². The highest BCUT2D eigenvalue weighted by Crippen LogP contribution is 2.26. The zero-order valence-corrected chi connectivity index (χ0v) is 11.8. The lowest BCUT2D eigenvalue weighted by Gasteiger charge is -2.34. The molecule has 1 fully saturated rings. The monoisotopic (exact) mass is 275 g/mol. The quantitative estimate of drug-likeness (QED) is 0.827. The third-order valence-electron chi connectivity index (χ3n) is 2.70. The van der Waals surface area contributed by atoms with Crippen LogP contribution >= 0.6 is 11.3 Å². The summed E-state index contributed by atoms with van der Waals surface area (Å²) in [4.78, 5) is 1.01. The maximum absolute atomic E-state index is 12.4. The average molecular weight is 275 g/mol. The number of morpholine rings is 1. The summed E-state index contributed by atoms with van der Waals surface area (Å²) < 4.78 is 32.2. The minimum absolute atomic E-state index is 0.0467. The van der Waals surface area contributed by atoms with Crippen LogP contribution in [0.5, 0.6) is 0 Å². The molecule has 0 saturated carbocycles. The zero-order chi connectivity index (χ0) is 12.6. The fraction of sp³-hybridized carbons (Fsp3) is 0.636. The Morgan fingerprint density at radius 2 is 1.88 bits per heavy atom. The maximum Gasteiger partial charge on any atom is 0.252 e. The van der Waals surface area contributed by atoms with E-state index in [1.165, 1.54) is 15.6 Å². The van der Waals surface area contributed by atoms with E-state index in [4.69, 9.17) is 4.74 Å². The normalized spacial score (nSPS) is 27.2. The third kappa shape index (κ3) is 2.70. The third-order valence-corrected chi connectivity index (χ3v) is 6.00. The molecule has 2 heterocycles. The van der Waals surface area contributed by atoms with Crippen molar-refractivity contribution in [2.45, 2.75) is 37.2 Å². The van der Waals surface area contributed by atoms with Crippen LogP contribution in [0.3, 0.4) is 0 Å². The highest BCUT2D eigenvalue weighted by Gasteiger charge is 2.32. The molecule has 1 aromatic heterocycles. The van der Waals surface area contributed by atoms with E-state index in [9.17, 15) is 8.42 Å². The molecule has 17 heavy (non-hydrogen) atoms. The fourth-order valence-electron chi connectivity index (χ4n) is 2.00. The molecule has 0 amide bonds. The van der Waals surface area contributed by atoms with E-state index in [2.05, 4.69) is 0 Å². The molecule has 2 rings (SSSR count). The highest BCUT2D eigenvalue weighted by molar-refractivity contribution is 7.91. The first-order valence-electron chi connectivity index (χ1n) is 5.61. The van der Waals surface area contributed by atoms with Gasteiger partial charge in [0.2, 0.25) is 0 Å². The van der Waals surface area contributed by atoms with Crippen molar-refractivity contribution >= 4 is 21.4 Å². The van der Waals surface area contributed by atoms with Crippen molar-refractivity contribution in [2.75, 3.05) is 13.1 Å². The second kappa shape index (κ2) is 4.68. The SMILES string of the molecule is Cc1ccc(S(=O)(=O)N2C[C@H](C)O[C@@H](C)C2)s1. The zero-order valence-electron chi connectivity index (χ0n) is 10.2. The van der Waals surface area contributed by atoms with E-state index < -0.39 is 10.0 Å². The van der Waals surface area contributed by atoms with Gasteiger partial charge in [-0.2, -0.15) is 4.31 Å². The van der Waals surface area contributed by atoms with Crippen LogP contribution in [0.4, 0.5) is 0 Å². The summed E-state index contributed by atoms with van der Waals surface area (Å²) in [6.07, 6.45) is -0.0934. The second-order valence-corrected chi connectivity index (χ2v) is 7.90. The van der Waals surface area contributed by atoms with Gasteiger partial charge in [0.05, 0.1) is 12.2 Å². The topological polar surface area (TPSA) is 46.6 Å².